The maximum absolute atomic E-state index is 11.3. The molecule has 3 aromatic rings. The fraction of sp³-hybridized carbons (Fsp3) is 0.480. The molecular weight excluding hydrogens is 454 g/mol. The number of hydrogen-bond donors (Lipinski definition) is 3. The summed E-state index contributed by atoms with van der Waals surface area (Å²) < 4.78 is 13.4. The molecule has 0 aliphatic carbocycles. The summed E-state index contributed by atoms with van der Waals surface area (Å²) in [6.45, 7) is 9.41. The van der Waals surface area contributed by atoms with E-state index in [4.69, 9.17) is 14.6 Å². The maximum Gasteiger partial charge on any atom is 0.153 e. The van der Waals surface area contributed by atoms with Gasteiger partial charge in [-0.2, -0.15) is 16.4 Å². The van der Waals surface area contributed by atoms with Crippen LogP contribution in [-0.2, 0) is 6.61 Å². The molecule has 1 aliphatic heterocycles. The standard InChI is InChI=1S/C25H33N3O5S/c1-24(2,3)27(6)23(30)20-17-12-33-19-11-18(32-7)16(22(29)25(4,5)31)10-15(19)21(17)28(26-20)14-8-9-34-13-14/h8-11,13,22-23,29-31H,12H2,1-7H3. The summed E-state index contributed by atoms with van der Waals surface area (Å²) in [5.41, 5.74) is 2.41. The summed E-state index contributed by atoms with van der Waals surface area (Å²) in [5, 5.41) is 41.5. The van der Waals surface area contributed by atoms with E-state index in [1.807, 2.05) is 54.2 Å². The molecule has 1 aliphatic rings. The quantitative estimate of drug-likeness (QED) is 0.452. The first kappa shape index (κ1) is 24.7. The van der Waals surface area contributed by atoms with Crippen LogP contribution in [0.15, 0.2) is 29.0 Å². The Hall–Kier alpha value is -2.43. The molecule has 0 bridgehead atoms. The number of ether oxygens (including phenoxy) is 2. The number of aromatic nitrogens is 2. The van der Waals surface area contributed by atoms with Gasteiger partial charge in [-0.3, -0.25) is 4.90 Å². The van der Waals surface area contributed by atoms with Gasteiger partial charge >= 0.3 is 0 Å². The largest absolute Gasteiger partial charge is 0.496 e. The molecule has 0 fully saturated rings. The van der Waals surface area contributed by atoms with E-state index in [0.717, 1.165) is 16.9 Å². The minimum atomic E-state index is -1.38. The van der Waals surface area contributed by atoms with E-state index >= 15 is 0 Å². The Bertz CT molecular complexity index is 1170. The van der Waals surface area contributed by atoms with E-state index in [0.29, 0.717) is 28.3 Å². The third-order valence-corrected chi connectivity index (χ3v) is 7.03. The number of aliphatic hydroxyl groups is 3. The van der Waals surface area contributed by atoms with Crippen molar-refractivity contribution < 1.29 is 24.8 Å². The van der Waals surface area contributed by atoms with Gasteiger partial charge in [0, 0.05) is 33.7 Å². The lowest BCUT2D eigenvalue weighted by atomic mass is 9.90. The molecule has 2 unspecified atom stereocenters. The van der Waals surface area contributed by atoms with Crippen molar-refractivity contribution in [2.45, 2.75) is 64.7 Å². The van der Waals surface area contributed by atoms with Crippen molar-refractivity contribution in [2.24, 2.45) is 0 Å². The predicted molar refractivity (Wildman–Crippen MR) is 131 cm³/mol. The Kier molecular flexibility index (Phi) is 6.28. The van der Waals surface area contributed by atoms with Gasteiger partial charge in [0.1, 0.15) is 29.9 Å². The number of nitrogens with zero attached hydrogens (tertiary/aromatic N) is 3. The summed E-state index contributed by atoms with van der Waals surface area (Å²) in [4.78, 5) is 1.86. The fourth-order valence-electron chi connectivity index (χ4n) is 4.01. The van der Waals surface area contributed by atoms with E-state index in [1.54, 1.807) is 37.3 Å². The van der Waals surface area contributed by atoms with Crippen LogP contribution in [0.3, 0.4) is 0 Å². The third-order valence-electron chi connectivity index (χ3n) is 6.36. The average molecular weight is 488 g/mol. The van der Waals surface area contributed by atoms with Crippen molar-refractivity contribution in [1.29, 1.82) is 0 Å². The highest BCUT2D eigenvalue weighted by molar-refractivity contribution is 7.08. The van der Waals surface area contributed by atoms with E-state index in [9.17, 15) is 15.3 Å². The van der Waals surface area contributed by atoms with Gasteiger partial charge in [0.15, 0.2) is 6.23 Å². The second-order valence-corrected chi connectivity index (χ2v) is 11.0. The number of benzene rings is 1. The molecule has 9 heteroatoms. The van der Waals surface area contributed by atoms with Gasteiger partial charge in [0.2, 0.25) is 0 Å². The molecule has 3 heterocycles. The monoisotopic (exact) mass is 487 g/mol. The average Bonchev–Trinajstić information content (AvgIpc) is 3.43. The van der Waals surface area contributed by atoms with Crippen LogP contribution in [0.5, 0.6) is 11.5 Å². The molecule has 34 heavy (non-hydrogen) atoms. The highest BCUT2D eigenvalue weighted by atomic mass is 32.1. The van der Waals surface area contributed by atoms with Crippen molar-refractivity contribution in [2.75, 3.05) is 14.2 Å². The van der Waals surface area contributed by atoms with Crippen molar-refractivity contribution >= 4 is 11.3 Å². The minimum Gasteiger partial charge on any atom is -0.496 e. The van der Waals surface area contributed by atoms with Crippen LogP contribution < -0.4 is 9.47 Å². The fourth-order valence-corrected chi connectivity index (χ4v) is 4.63. The molecule has 0 saturated carbocycles. The van der Waals surface area contributed by atoms with Gasteiger partial charge in [-0.15, -0.1) is 0 Å². The first-order valence-electron chi connectivity index (χ1n) is 11.2. The highest BCUT2D eigenvalue weighted by Gasteiger charge is 2.36. The molecule has 2 atom stereocenters. The number of thiophene rings is 1. The van der Waals surface area contributed by atoms with Crippen LogP contribution in [0.2, 0.25) is 0 Å². The SMILES string of the molecule is COc1cc2c(cc1C(O)C(C)(C)O)-c1c(c(C(O)N(C)C(C)(C)C)nn1-c1ccsc1)CO2. The van der Waals surface area contributed by atoms with Crippen LogP contribution >= 0.6 is 11.3 Å². The number of hydrogen-bond acceptors (Lipinski definition) is 8. The van der Waals surface area contributed by atoms with Crippen LogP contribution in [0.4, 0.5) is 0 Å². The molecule has 4 rings (SSSR count). The van der Waals surface area contributed by atoms with E-state index in [1.165, 1.54) is 7.11 Å². The molecule has 3 N–H and O–H groups in total. The molecule has 0 spiro atoms. The number of methoxy groups -OCH3 is 1. The maximum atomic E-state index is 11.3. The predicted octanol–water partition coefficient (Wildman–Crippen LogP) is 4.03. The van der Waals surface area contributed by atoms with Crippen LogP contribution in [0.1, 0.15) is 63.8 Å². The van der Waals surface area contributed by atoms with Gasteiger partial charge in [0.25, 0.3) is 0 Å². The second-order valence-electron chi connectivity index (χ2n) is 10.2. The molecule has 0 amide bonds. The van der Waals surface area contributed by atoms with Gasteiger partial charge in [-0.25, -0.2) is 4.68 Å². The zero-order valence-corrected chi connectivity index (χ0v) is 21.5. The summed E-state index contributed by atoms with van der Waals surface area (Å²) >= 11 is 1.55. The lowest BCUT2D eigenvalue weighted by Gasteiger charge is -2.35. The zero-order chi connectivity index (χ0) is 25.0. The van der Waals surface area contributed by atoms with Crippen LogP contribution in [-0.4, -0.2) is 55.3 Å². The Balaban J connectivity index is 1.96. The van der Waals surface area contributed by atoms with Gasteiger partial charge < -0.3 is 24.8 Å². The second kappa shape index (κ2) is 8.66. The van der Waals surface area contributed by atoms with Crippen LogP contribution in [0, 0.1) is 0 Å². The Morgan fingerprint density at radius 1 is 1.21 bits per heavy atom. The third kappa shape index (κ3) is 4.23. The smallest absolute Gasteiger partial charge is 0.153 e. The van der Waals surface area contributed by atoms with Gasteiger partial charge in [-0.1, -0.05) is 0 Å². The van der Waals surface area contributed by atoms with E-state index in [-0.39, 0.29) is 12.1 Å². The van der Waals surface area contributed by atoms with E-state index in [2.05, 4.69) is 0 Å². The topological polar surface area (TPSA) is 100 Å². The Morgan fingerprint density at radius 2 is 1.91 bits per heavy atom. The van der Waals surface area contributed by atoms with Gasteiger partial charge in [-0.05, 0) is 59.2 Å². The van der Waals surface area contributed by atoms with Crippen molar-refractivity contribution in [1.82, 2.24) is 14.7 Å². The summed E-state index contributed by atoms with van der Waals surface area (Å²) in [5.74, 6) is 1.00. The normalized spacial score (nSPS) is 15.5. The molecule has 184 valence electrons. The molecule has 0 radical (unpaired) electrons. The first-order chi connectivity index (χ1) is 15.8. The molecule has 8 nitrogen and oxygen atoms in total. The molecule has 0 saturated heterocycles. The lowest BCUT2D eigenvalue weighted by molar-refractivity contribution is -0.0506. The highest BCUT2D eigenvalue weighted by Crippen LogP contribution is 2.47. The Labute approximate surface area is 204 Å². The Morgan fingerprint density at radius 3 is 2.47 bits per heavy atom. The summed E-state index contributed by atoms with van der Waals surface area (Å²) in [6, 6.07) is 5.47. The number of aliphatic hydroxyl groups excluding tert-OH is 2. The lowest BCUT2D eigenvalue weighted by Crippen LogP contribution is -2.41. The first-order valence-corrected chi connectivity index (χ1v) is 12.1. The zero-order valence-electron chi connectivity index (χ0n) is 20.7. The number of rotatable bonds is 6. The van der Waals surface area contributed by atoms with Crippen molar-refractivity contribution in [3.8, 4) is 28.4 Å². The summed E-state index contributed by atoms with van der Waals surface area (Å²) in [7, 11) is 3.38. The van der Waals surface area contributed by atoms with Crippen molar-refractivity contribution in [3.63, 3.8) is 0 Å². The summed E-state index contributed by atoms with van der Waals surface area (Å²) in [6.07, 6.45) is -2.13. The van der Waals surface area contributed by atoms with Crippen molar-refractivity contribution in [3.05, 3.63) is 45.8 Å². The van der Waals surface area contributed by atoms with Gasteiger partial charge in [0.05, 0.1) is 24.1 Å². The van der Waals surface area contributed by atoms with E-state index < -0.39 is 17.9 Å². The molecule has 2 aromatic heterocycles. The number of fused-ring (bicyclic) bond motifs is 3. The molecule has 1 aromatic carbocycles. The van der Waals surface area contributed by atoms with Crippen LogP contribution in [0.25, 0.3) is 16.9 Å². The molecular formula is C25H33N3O5S. The minimum absolute atomic E-state index is 0.230.